The Morgan fingerprint density at radius 2 is 1.53 bits per heavy atom. The summed E-state index contributed by atoms with van der Waals surface area (Å²) >= 11 is 0. The molecule has 1 heterocycles. The Hall–Kier alpha value is -3.63. The molecule has 10 heteroatoms. The highest BCUT2D eigenvalue weighted by Gasteiger charge is 2.26. The lowest BCUT2D eigenvalue weighted by molar-refractivity contribution is 0.0696. The minimum atomic E-state index is -4.23. The van der Waals surface area contributed by atoms with Gasteiger partial charge in [-0.25, -0.2) is 13.2 Å². The zero-order valence-corrected chi connectivity index (χ0v) is 18.1. The number of carboxylic acids is 1. The molecule has 0 spiro atoms. The van der Waals surface area contributed by atoms with Gasteiger partial charge in [0.1, 0.15) is 5.58 Å². The zero-order valence-electron chi connectivity index (χ0n) is 16.4. The van der Waals surface area contributed by atoms with E-state index in [1.807, 2.05) is 0 Å². The first-order valence-corrected chi connectivity index (χ1v) is 12.5. The number of rotatable bonds is 7. The van der Waals surface area contributed by atoms with Crippen LogP contribution in [0.2, 0.25) is 0 Å². The standard InChI is InChI=1S/C22H17NO7S2/c24-22(25)17-9-3-1-8-16(17)14-31(26,27)20-12-6-4-10-18(20)23-32(28,29)21-13-15-7-2-5-11-19(15)30-21/h1-13,23H,14H2,(H,24,25). The van der Waals surface area contributed by atoms with E-state index in [1.54, 1.807) is 24.3 Å². The quantitative estimate of drug-likeness (QED) is 0.418. The van der Waals surface area contributed by atoms with Crippen molar-refractivity contribution in [2.75, 3.05) is 4.72 Å². The molecule has 164 valence electrons. The van der Waals surface area contributed by atoms with Gasteiger partial charge in [-0.1, -0.05) is 48.5 Å². The molecular formula is C22H17NO7S2. The molecule has 0 amide bonds. The summed E-state index contributed by atoms with van der Waals surface area (Å²) in [5, 5.41) is 9.55. The van der Waals surface area contributed by atoms with Crippen molar-refractivity contribution in [2.24, 2.45) is 0 Å². The van der Waals surface area contributed by atoms with Crippen LogP contribution in [0.25, 0.3) is 11.0 Å². The highest BCUT2D eigenvalue weighted by Crippen LogP contribution is 2.29. The molecular weight excluding hydrogens is 454 g/mol. The predicted octanol–water partition coefficient (Wildman–Crippen LogP) is 3.91. The topological polar surface area (TPSA) is 131 Å². The minimum absolute atomic E-state index is 0.0925. The number of benzene rings is 3. The molecule has 0 aliphatic heterocycles. The minimum Gasteiger partial charge on any atom is -0.478 e. The molecule has 0 saturated heterocycles. The lowest BCUT2D eigenvalue weighted by atomic mass is 10.1. The number of nitrogens with one attached hydrogen (secondary N) is 1. The first-order chi connectivity index (χ1) is 15.2. The average molecular weight is 472 g/mol. The zero-order chi connectivity index (χ0) is 22.9. The third-order valence-corrected chi connectivity index (χ3v) is 7.66. The molecule has 0 radical (unpaired) electrons. The summed E-state index contributed by atoms with van der Waals surface area (Å²) in [5.74, 6) is -1.87. The molecule has 2 N–H and O–H groups in total. The third-order valence-electron chi connectivity index (χ3n) is 4.73. The van der Waals surface area contributed by atoms with Gasteiger partial charge in [-0.05, 0) is 29.8 Å². The van der Waals surface area contributed by atoms with Gasteiger partial charge in [-0.3, -0.25) is 4.72 Å². The van der Waals surface area contributed by atoms with Gasteiger partial charge in [-0.2, -0.15) is 8.42 Å². The van der Waals surface area contributed by atoms with Gasteiger partial charge in [0.2, 0.25) is 5.09 Å². The molecule has 4 rings (SSSR count). The molecule has 0 unspecified atom stereocenters. The molecule has 0 atom stereocenters. The number of sulfone groups is 1. The molecule has 8 nitrogen and oxygen atoms in total. The average Bonchev–Trinajstić information content (AvgIpc) is 3.19. The van der Waals surface area contributed by atoms with Crippen LogP contribution in [0.1, 0.15) is 15.9 Å². The van der Waals surface area contributed by atoms with E-state index in [-0.39, 0.29) is 26.8 Å². The maximum Gasteiger partial charge on any atom is 0.335 e. The SMILES string of the molecule is O=C(O)c1ccccc1CS(=O)(=O)c1ccccc1NS(=O)(=O)c1cc2ccccc2o1. The van der Waals surface area contributed by atoms with Crippen LogP contribution in [-0.4, -0.2) is 27.9 Å². The summed E-state index contributed by atoms with van der Waals surface area (Å²) in [7, 11) is -8.33. The first-order valence-electron chi connectivity index (χ1n) is 9.32. The lowest BCUT2D eigenvalue weighted by Gasteiger charge is -2.13. The summed E-state index contributed by atoms with van der Waals surface area (Å²) in [6.07, 6.45) is 0. The van der Waals surface area contributed by atoms with Crippen molar-refractivity contribution in [3.05, 3.63) is 90.0 Å². The van der Waals surface area contributed by atoms with Crippen LogP contribution < -0.4 is 4.72 Å². The smallest absolute Gasteiger partial charge is 0.335 e. The van der Waals surface area contributed by atoms with Crippen molar-refractivity contribution >= 4 is 42.5 Å². The second-order valence-electron chi connectivity index (χ2n) is 6.93. The Kier molecular flexibility index (Phi) is 5.49. The molecule has 0 bridgehead atoms. The van der Waals surface area contributed by atoms with Crippen molar-refractivity contribution in [2.45, 2.75) is 15.7 Å². The van der Waals surface area contributed by atoms with Crippen LogP contribution in [0.15, 0.2) is 93.3 Å². The Bertz CT molecular complexity index is 1500. The summed E-state index contributed by atoms with van der Waals surface area (Å²) in [6, 6.07) is 19.3. The Morgan fingerprint density at radius 3 is 2.28 bits per heavy atom. The number of carboxylic acid groups (broad SMARTS) is 1. The number of aromatic carboxylic acids is 1. The number of sulfonamides is 1. The summed E-state index contributed by atoms with van der Waals surface area (Å²) in [5.41, 5.74) is 0.158. The van der Waals surface area contributed by atoms with E-state index in [1.165, 1.54) is 54.6 Å². The second kappa shape index (κ2) is 8.13. The highest BCUT2D eigenvalue weighted by molar-refractivity contribution is 7.93. The Balaban J connectivity index is 1.70. The van der Waals surface area contributed by atoms with Crippen molar-refractivity contribution in [1.29, 1.82) is 0 Å². The number of para-hydroxylation sites is 2. The van der Waals surface area contributed by atoms with Gasteiger partial charge in [0, 0.05) is 11.5 Å². The Labute approximate surface area is 184 Å². The normalized spacial score (nSPS) is 12.0. The van der Waals surface area contributed by atoms with E-state index in [0.717, 1.165) is 0 Å². The summed E-state index contributed by atoms with van der Waals surface area (Å²) in [6.45, 7) is 0. The van der Waals surface area contributed by atoms with Crippen LogP contribution >= 0.6 is 0 Å². The van der Waals surface area contributed by atoms with Crippen LogP contribution in [0.5, 0.6) is 0 Å². The van der Waals surface area contributed by atoms with Gasteiger partial charge < -0.3 is 9.52 Å². The first kappa shape index (κ1) is 21.6. The maximum atomic E-state index is 13.1. The van der Waals surface area contributed by atoms with Crippen molar-refractivity contribution < 1.29 is 31.2 Å². The van der Waals surface area contributed by atoms with Gasteiger partial charge in [-0.15, -0.1) is 0 Å². The lowest BCUT2D eigenvalue weighted by Crippen LogP contribution is -2.16. The predicted molar refractivity (Wildman–Crippen MR) is 118 cm³/mol. The van der Waals surface area contributed by atoms with Crippen molar-refractivity contribution in [3.8, 4) is 0 Å². The fraction of sp³-hybridized carbons (Fsp3) is 0.0455. The van der Waals surface area contributed by atoms with Crippen molar-refractivity contribution in [1.82, 2.24) is 0 Å². The molecule has 32 heavy (non-hydrogen) atoms. The molecule has 3 aromatic carbocycles. The van der Waals surface area contributed by atoms with Crippen LogP contribution in [0.3, 0.4) is 0 Å². The summed E-state index contributed by atoms with van der Waals surface area (Å²) in [4.78, 5) is 11.2. The van der Waals surface area contributed by atoms with E-state index in [0.29, 0.717) is 11.0 Å². The molecule has 1 aromatic heterocycles. The van der Waals surface area contributed by atoms with Crippen molar-refractivity contribution in [3.63, 3.8) is 0 Å². The van der Waals surface area contributed by atoms with Gasteiger partial charge >= 0.3 is 5.97 Å². The van der Waals surface area contributed by atoms with Crippen LogP contribution in [0.4, 0.5) is 5.69 Å². The number of carbonyl (C=O) groups is 1. The fourth-order valence-corrected chi connectivity index (χ4v) is 5.92. The second-order valence-corrected chi connectivity index (χ2v) is 10.5. The summed E-state index contributed by atoms with van der Waals surface area (Å²) < 4.78 is 59.6. The molecule has 4 aromatic rings. The number of hydrogen-bond donors (Lipinski definition) is 2. The molecule has 0 saturated carbocycles. The van der Waals surface area contributed by atoms with Gasteiger partial charge in [0.25, 0.3) is 10.0 Å². The van der Waals surface area contributed by atoms with E-state index >= 15 is 0 Å². The van der Waals surface area contributed by atoms with E-state index in [4.69, 9.17) is 4.42 Å². The number of anilines is 1. The molecule has 0 aliphatic rings. The van der Waals surface area contributed by atoms with Gasteiger partial charge in [0.05, 0.1) is 21.9 Å². The maximum absolute atomic E-state index is 13.1. The van der Waals surface area contributed by atoms with E-state index in [2.05, 4.69) is 4.72 Å². The molecule has 0 aliphatic carbocycles. The van der Waals surface area contributed by atoms with Gasteiger partial charge in [0.15, 0.2) is 9.84 Å². The fourth-order valence-electron chi connectivity index (χ4n) is 3.24. The highest BCUT2D eigenvalue weighted by atomic mass is 32.2. The molecule has 0 fully saturated rings. The van der Waals surface area contributed by atoms with Crippen LogP contribution in [0, 0.1) is 0 Å². The number of fused-ring (bicyclic) bond motifs is 1. The monoisotopic (exact) mass is 471 g/mol. The van der Waals surface area contributed by atoms with E-state index < -0.39 is 31.6 Å². The Morgan fingerprint density at radius 1 is 0.875 bits per heavy atom. The third kappa shape index (κ3) is 4.23. The number of hydrogen-bond acceptors (Lipinski definition) is 6. The number of furan rings is 1. The largest absolute Gasteiger partial charge is 0.478 e. The van der Waals surface area contributed by atoms with Crippen LogP contribution in [-0.2, 0) is 25.6 Å². The van der Waals surface area contributed by atoms with E-state index in [9.17, 15) is 26.7 Å².